The van der Waals surface area contributed by atoms with Gasteiger partial charge in [0.1, 0.15) is 5.78 Å². The highest BCUT2D eigenvalue weighted by molar-refractivity contribution is 5.82. The van der Waals surface area contributed by atoms with E-state index in [1.54, 1.807) is 0 Å². The van der Waals surface area contributed by atoms with Crippen LogP contribution in [0.5, 0.6) is 0 Å². The van der Waals surface area contributed by atoms with E-state index >= 15 is 0 Å². The molecule has 0 aromatic rings. The molecule has 4 aliphatic carbocycles. The number of fused-ring (bicyclic) bond motifs is 5. The Labute approximate surface area is 141 Å². The van der Waals surface area contributed by atoms with E-state index in [0.717, 1.165) is 31.1 Å². The van der Waals surface area contributed by atoms with Crippen LogP contribution < -0.4 is 0 Å². The predicted octanol–water partition coefficient (Wildman–Crippen LogP) is 4.60. The van der Waals surface area contributed by atoms with Crippen molar-refractivity contribution in [2.75, 3.05) is 0 Å². The van der Waals surface area contributed by atoms with E-state index in [1.165, 1.54) is 32.1 Å². The highest BCUT2D eigenvalue weighted by Crippen LogP contribution is 2.68. The SMILES string of the molecule is C[C@@H]1C[C@@]2(C)[C@@H](CC[C@@H]3[C@@H]2CC[C@@]2(C)[C@H]3CC[C@]2(C)O)CC1=O. The van der Waals surface area contributed by atoms with E-state index in [-0.39, 0.29) is 11.3 Å². The van der Waals surface area contributed by atoms with Crippen LogP contribution in [0.2, 0.25) is 0 Å². The Morgan fingerprint density at radius 3 is 2.43 bits per heavy atom. The van der Waals surface area contributed by atoms with Gasteiger partial charge in [-0.05, 0) is 86.4 Å². The Hall–Kier alpha value is -0.370. The van der Waals surface area contributed by atoms with Crippen molar-refractivity contribution in [1.29, 1.82) is 0 Å². The summed E-state index contributed by atoms with van der Waals surface area (Å²) in [4.78, 5) is 12.2. The van der Waals surface area contributed by atoms with Gasteiger partial charge < -0.3 is 5.11 Å². The number of carbonyl (C=O) groups is 1. The first-order chi connectivity index (χ1) is 10.7. The van der Waals surface area contributed by atoms with Crippen molar-refractivity contribution in [1.82, 2.24) is 0 Å². The van der Waals surface area contributed by atoms with Gasteiger partial charge in [0.15, 0.2) is 0 Å². The van der Waals surface area contributed by atoms with Gasteiger partial charge in [-0.25, -0.2) is 0 Å². The third kappa shape index (κ3) is 2.00. The van der Waals surface area contributed by atoms with Crippen LogP contribution in [0.1, 0.15) is 79.1 Å². The van der Waals surface area contributed by atoms with Gasteiger partial charge in [-0.2, -0.15) is 0 Å². The standard InChI is InChI=1S/C21H34O2/c1-13-12-19(2)14(11-18(13)22)5-6-15-16(19)7-9-20(3)17(15)8-10-21(20,4)23/h13-17,23H,5-12H2,1-4H3/t13-,14+,15-,16+,17+,19+,20+,21+/m1/s1. The molecule has 8 atom stereocenters. The van der Waals surface area contributed by atoms with Gasteiger partial charge >= 0.3 is 0 Å². The summed E-state index contributed by atoms with van der Waals surface area (Å²) in [5.74, 6) is 3.65. The van der Waals surface area contributed by atoms with Gasteiger partial charge in [0.25, 0.3) is 0 Å². The summed E-state index contributed by atoms with van der Waals surface area (Å²) in [5.41, 5.74) is 0.00962. The van der Waals surface area contributed by atoms with E-state index < -0.39 is 5.60 Å². The molecule has 0 aromatic heterocycles. The number of ketones is 1. The molecule has 0 radical (unpaired) electrons. The molecule has 0 aromatic carbocycles. The molecule has 0 unspecified atom stereocenters. The number of hydrogen-bond donors (Lipinski definition) is 1. The third-order valence-corrected chi connectivity index (χ3v) is 9.37. The Balaban J connectivity index is 1.66. The molecule has 0 spiro atoms. The second kappa shape index (κ2) is 4.84. The first-order valence-electron chi connectivity index (χ1n) is 9.94. The van der Waals surface area contributed by atoms with Gasteiger partial charge in [0.05, 0.1) is 5.60 Å². The van der Waals surface area contributed by atoms with Crippen molar-refractivity contribution in [2.45, 2.75) is 84.7 Å². The fourth-order valence-corrected chi connectivity index (χ4v) is 7.65. The molecule has 0 aliphatic heterocycles. The van der Waals surface area contributed by atoms with Crippen LogP contribution in [0.15, 0.2) is 0 Å². The monoisotopic (exact) mass is 318 g/mol. The van der Waals surface area contributed by atoms with E-state index in [4.69, 9.17) is 0 Å². The van der Waals surface area contributed by atoms with E-state index in [0.29, 0.717) is 23.0 Å². The Morgan fingerprint density at radius 1 is 1.00 bits per heavy atom. The van der Waals surface area contributed by atoms with Crippen molar-refractivity contribution >= 4 is 5.78 Å². The molecule has 0 amide bonds. The molecular weight excluding hydrogens is 284 g/mol. The molecule has 0 saturated heterocycles. The number of Topliss-reactive ketones (excluding diaryl/α,β-unsaturated/α-hetero) is 1. The number of carbonyl (C=O) groups excluding carboxylic acids is 1. The fraction of sp³-hybridized carbons (Fsp3) is 0.952. The van der Waals surface area contributed by atoms with Crippen molar-refractivity contribution in [3.05, 3.63) is 0 Å². The lowest BCUT2D eigenvalue weighted by Crippen LogP contribution is -2.56. The average molecular weight is 319 g/mol. The smallest absolute Gasteiger partial charge is 0.136 e. The minimum atomic E-state index is -0.476. The molecule has 4 fully saturated rings. The lowest BCUT2D eigenvalue weighted by Gasteiger charge is -2.61. The Kier molecular flexibility index (Phi) is 3.39. The Bertz CT molecular complexity index is 524. The summed E-state index contributed by atoms with van der Waals surface area (Å²) in [6.07, 6.45) is 9.11. The number of hydrogen-bond acceptors (Lipinski definition) is 2. The quantitative estimate of drug-likeness (QED) is 0.709. The van der Waals surface area contributed by atoms with Gasteiger partial charge in [0.2, 0.25) is 0 Å². The lowest BCUT2D eigenvalue weighted by atomic mass is 9.44. The van der Waals surface area contributed by atoms with Gasteiger partial charge in [-0.15, -0.1) is 0 Å². The zero-order valence-electron chi connectivity index (χ0n) is 15.4. The topological polar surface area (TPSA) is 37.3 Å². The first-order valence-corrected chi connectivity index (χ1v) is 9.94. The summed E-state index contributed by atoms with van der Waals surface area (Å²) >= 11 is 0. The lowest BCUT2D eigenvalue weighted by molar-refractivity contribution is -0.158. The van der Waals surface area contributed by atoms with Crippen LogP contribution in [-0.4, -0.2) is 16.5 Å². The maximum absolute atomic E-state index is 12.2. The molecule has 130 valence electrons. The minimum Gasteiger partial charge on any atom is -0.390 e. The highest BCUT2D eigenvalue weighted by Gasteiger charge is 2.63. The average Bonchev–Trinajstić information content (AvgIpc) is 2.71. The second-order valence-electron chi connectivity index (χ2n) is 10.2. The largest absolute Gasteiger partial charge is 0.390 e. The van der Waals surface area contributed by atoms with Crippen LogP contribution in [0.25, 0.3) is 0 Å². The van der Waals surface area contributed by atoms with Crippen molar-refractivity contribution in [2.24, 2.45) is 40.4 Å². The molecule has 0 bridgehead atoms. The number of aliphatic hydroxyl groups is 1. The van der Waals surface area contributed by atoms with E-state index in [1.807, 2.05) is 0 Å². The molecule has 4 aliphatic rings. The van der Waals surface area contributed by atoms with Crippen molar-refractivity contribution < 1.29 is 9.90 Å². The molecule has 23 heavy (non-hydrogen) atoms. The Morgan fingerprint density at radius 2 is 1.70 bits per heavy atom. The third-order valence-electron chi connectivity index (χ3n) is 9.37. The summed E-state index contributed by atoms with van der Waals surface area (Å²) in [5, 5.41) is 11.0. The molecule has 0 heterocycles. The van der Waals surface area contributed by atoms with E-state index in [2.05, 4.69) is 27.7 Å². The van der Waals surface area contributed by atoms with Crippen molar-refractivity contribution in [3.63, 3.8) is 0 Å². The van der Waals surface area contributed by atoms with Crippen LogP contribution in [0.3, 0.4) is 0 Å². The van der Waals surface area contributed by atoms with Crippen LogP contribution in [0.4, 0.5) is 0 Å². The summed E-state index contributed by atoms with van der Waals surface area (Å²) in [6, 6.07) is 0. The maximum Gasteiger partial charge on any atom is 0.136 e. The van der Waals surface area contributed by atoms with Gasteiger partial charge in [-0.3, -0.25) is 4.79 Å². The van der Waals surface area contributed by atoms with Crippen molar-refractivity contribution in [3.8, 4) is 0 Å². The first kappa shape index (κ1) is 16.1. The minimum absolute atomic E-state index is 0.119. The normalized spacial score (nSPS) is 59.2. The summed E-state index contributed by atoms with van der Waals surface area (Å²) in [7, 11) is 0. The molecule has 4 rings (SSSR count). The van der Waals surface area contributed by atoms with Gasteiger partial charge in [0, 0.05) is 12.3 Å². The number of rotatable bonds is 0. The summed E-state index contributed by atoms with van der Waals surface area (Å²) in [6.45, 7) is 9.11. The second-order valence-corrected chi connectivity index (χ2v) is 10.2. The zero-order chi connectivity index (χ0) is 16.6. The summed E-state index contributed by atoms with van der Waals surface area (Å²) < 4.78 is 0. The van der Waals surface area contributed by atoms with E-state index in [9.17, 15) is 9.90 Å². The molecular formula is C21H34O2. The molecule has 2 heteroatoms. The molecule has 2 nitrogen and oxygen atoms in total. The van der Waals surface area contributed by atoms with Gasteiger partial charge in [-0.1, -0.05) is 20.8 Å². The zero-order valence-corrected chi connectivity index (χ0v) is 15.4. The molecule has 4 saturated carbocycles. The maximum atomic E-state index is 12.2. The van der Waals surface area contributed by atoms with Crippen LogP contribution in [0, 0.1) is 40.4 Å². The predicted molar refractivity (Wildman–Crippen MR) is 91.9 cm³/mol. The molecule has 1 N–H and O–H groups in total. The fourth-order valence-electron chi connectivity index (χ4n) is 7.65. The van der Waals surface area contributed by atoms with Crippen LogP contribution in [-0.2, 0) is 4.79 Å². The van der Waals surface area contributed by atoms with Crippen LogP contribution >= 0.6 is 0 Å². The highest BCUT2D eigenvalue weighted by atomic mass is 16.3.